The molecule has 3 saturated heterocycles. The number of carbonyl (C=O) groups is 2. The molecule has 2 bridgehead atoms. The van der Waals surface area contributed by atoms with E-state index >= 15 is 0 Å². The number of hydrogen-bond donors (Lipinski definition) is 3. The van der Waals surface area contributed by atoms with Gasteiger partial charge in [-0.2, -0.15) is 0 Å². The van der Waals surface area contributed by atoms with Gasteiger partial charge in [-0.15, -0.1) is 0 Å². The van der Waals surface area contributed by atoms with Crippen molar-refractivity contribution in [3.05, 3.63) is 35.9 Å². The van der Waals surface area contributed by atoms with Crippen LogP contribution in [0.15, 0.2) is 30.4 Å². The number of rotatable bonds is 3. The van der Waals surface area contributed by atoms with Crippen molar-refractivity contribution in [3.63, 3.8) is 0 Å². The number of nitrogens with one attached hydrogen (secondary N) is 3. The summed E-state index contributed by atoms with van der Waals surface area (Å²) in [7, 11) is 0. The standard InChI is InChI=1S/C27H40N6O3/c34-26(32-13-8-29-9-14-32)17-21-5-10-33-20-22(21)2-1-15-36-25-4-3-24(31-11-6-28-7-12-31)16-23(25)18-30-19-27(33)35/h1-4,16,21-22,28-30H,5-15,17-20H2/b2-1+/t21-,22-/m0/s1. The maximum Gasteiger partial charge on any atom is 0.236 e. The van der Waals surface area contributed by atoms with E-state index in [1.807, 2.05) is 9.80 Å². The summed E-state index contributed by atoms with van der Waals surface area (Å²) in [5.41, 5.74) is 2.27. The molecule has 9 heteroatoms. The van der Waals surface area contributed by atoms with Gasteiger partial charge in [0.1, 0.15) is 12.4 Å². The van der Waals surface area contributed by atoms with Gasteiger partial charge in [-0.1, -0.05) is 12.2 Å². The molecule has 1 aromatic carbocycles. The first-order valence-corrected chi connectivity index (χ1v) is 13.5. The van der Waals surface area contributed by atoms with Gasteiger partial charge < -0.3 is 35.4 Å². The SMILES string of the molecule is O=C(C[C@@H]1CCN2C[C@@H]1/C=C/COc1ccc(N3CCNCC3)cc1CNCC2=O)N1CCNCC1. The zero-order chi connectivity index (χ0) is 24.7. The van der Waals surface area contributed by atoms with E-state index < -0.39 is 0 Å². The highest BCUT2D eigenvalue weighted by atomic mass is 16.5. The largest absolute Gasteiger partial charge is 0.489 e. The van der Waals surface area contributed by atoms with Crippen LogP contribution in [0.5, 0.6) is 5.75 Å². The van der Waals surface area contributed by atoms with Gasteiger partial charge in [-0.05, 0) is 36.5 Å². The van der Waals surface area contributed by atoms with Crippen LogP contribution in [0.3, 0.4) is 0 Å². The molecule has 2 atom stereocenters. The third-order valence-electron chi connectivity index (χ3n) is 7.90. The number of benzene rings is 1. The molecule has 5 rings (SSSR count). The lowest BCUT2D eigenvalue weighted by atomic mass is 9.82. The Hall–Kier alpha value is -2.62. The first kappa shape index (κ1) is 25.0. The van der Waals surface area contributed by atoms with Crippen molar-refractivity contribution in [1.29, 1.82) is 0 Å². The molecule has 0 saturated carbocycles. The lowest BCUT2D eigenvalue weighted by molar-refractivity contribution is -0.135. The molecular formula is C27H40N6O3. The number of ether oxygens (including phenoxy) is 1. The second-order valence-electron chi connectivity index (χ2n) is 10.3. The lowest BCUT2D eigenvalue weighted by Gasteiger charge is -2.38. The molecular weight excluding hydrogens is 456 g/mol. The van der Waals surface area contributed by atoms with E-state index in [1.54, 1.807) is 0 Å². The summed E-state index contributed by atoms with van der Waals surface area (Å²) in [5.74, 6) is 1.63. The first-order chi connectivity index (χ1) is 17.7. The molecule has 4 aliphatic rings. The number of anilines is 1. The third-order valence-corrected chi connectivity index (χ3v) is 7.90. The fraction of sp³-hybridized carbons (Fsp3) is 0.630. The number of carbonyl (C=O) groups excluding carboxylic acids is 2. The van der Waals surface area contributed by atoms with Crippen LogP contribution in [0.2, 0.25) is 0 Å². The van der Waals surface area contributed by atoms with E-state index in [0.29, 0.717) is 39.2 Å². The Kier molecular flexibility index (Phi) is 8.40. The van der Waals surface area contributed by atoms with E-state index in [-0.39, 0.29) is 23.7 Å². The Balaban J connectivity index is 1.28. The van der Waals surface area contributed by atoms with Crippen molar-refractivity contribution >= 4 is 17.5 Å². The minimum atomic E-state index is 0.125. The Morgan fingerprint density at radius 1 is 0.944 bits per heavy atom. The summed E-state index contributed by atoms with van der Waals surface area (Å²) in [6, 6.07) is 6.38. The van der Waals surface area contributed by atoms with E-state index in [1.165, 1.54) is 5.69 Å². The highest BCUT2D eigenvalue weighted by molar-refractivity contribution is 5.79. The normalized spacial score (nSPS) is 26.7. The molecule has 3 fully saturated rings. The number of piperidine rings is 1. The van der Waals surface area contributed by atoms with Crippen LogP contribution in [-0.2, 0) is 16.1 Å². The summed E-state index contributed by atoms with van der Waals surface area (Å²) in [4.78, 5) is 32.3. The van der Waals surface area contributed by atoms with E-state index in [2.05, 4.69) is 51.2 Å². The van der Waals surface area contributed by atoms with E-state index in [4.69, 9.17) is 4.74 Å². The maximum atomic E-state index is 13.0. The van der Waals surface area contributed by atoms with Gasteiger partial charge in [0, 0.05) is 89.7 Å². The second kappa shape index (κ2) is 12.1. The van der Waals surface area contributed by atoms with Crippen molar-refractivity contribution in [1.82, 2.24) is 25.8 Å². The highest BCUT2D eigenvalue weighted by Crippen LogP contribution is 2.30. The Morgan fingerprint density at radius 3 is 2.53 bits per heavy atom. The second-order valence-corrected chi connectivity index (χ2v) is 10.3. The summed E-state index contributed by atoms with van der Waals surface area (Å²) < 4.78 is 6.18. The monoisotopic (exact) mass is 496 g/mol. The van der Waals surface area contributed by atoms with Crippen LogP contribution >= 0.6 is 0 Å². The van der Waals surface area contributed by atoms with E-state index in [0.717, 1.165) is 70.1 Å². The molecule has 9 nitrogen and oxygen atoms in total. The smallest absolute Gasteiger partial charge is 0.236 e. The minimum Gasteiger partial charge on any atom is -0.489 e. The van der Waals surface area contributed by atoms with Crippen molar-refractivity contribution in [2.45, 2.75) is 19.4 Å². The van der Waals surface area contributed by atoms with Crippen molar-refractivity contribution in [3.8, 4) is 5.75 Å². The number of fused-ring (bicyclic) bond motifs is 3. The molecule has 1 aromatic rings. The third kappa shape index (κ3) is 6.19. The molecule has 4 heterocycles. The summed E-state index contributed by atoms with van der Waals surface area (Å²) in [6.45, 7) is 10.00. The predicted octanol–water partition coefficient (Wildman–Crippen LogP) is 0.421. The minimum absolute atomic E-state index is 0.125. The molecule has 36 heavy (non-hydrogen) atoms. The Bertz CT molecular complexity index is 941. The number of piperazine rings is 2. The van der Waals surface area contributed by atoms with Crippen molar-refractivity contribution < 1.29 is 14.3 Å². The molecule has 0 aromatic heterocycles. The quantitative estimate of drug-likeness (QED) is 0.523. The highest BCUT2D eigenvalue weighted by Gasteiger charge is 2.32. The molecule has 4 aliphatic heterocycles. The maximum absolute atomic E-state index is 13.0. The Labute approximate surface area is 214 Å². The zero-order valence-electron chi connectivity index (χ0n) is 21.2. The van der Waals surface area contributed by atoms with Gasteiger partial charge in [0.25, 0.3) is 0 Å². The van der Waals surface area contributed by atoms with Gasteiger partial charge in [0.15, 0.2) is 0 Å². The molecule has 196 valence electrons. The Morgan fingerprint density at radius 2 is 1.72 bits per heavy atom. The molecule has 0 unspecified atom stereocenters. The fourth-order valence-electron chi connectivity index (χ4n) is 5.74. The van der Waals surface area contributed by atoms with Gasteiger partial charge in [-0.3, -0.25) is 9.59 Å². The topological polar surface area (TPSA) is 89.2 Å². The fourth-order valence-corrected chi connectivity index (χ4v) is 5.74. The van der Waals surface area contributed by atoms with Gasteiger partial charge in [-0.25, -0.2) is 0 Å². The predicted molar refractivity (Wildman–Crippen MR) is 140 cm³/mol. The number of nitrogens with zero attached hydrogens (tertiary/aromatic N) is 3. The molecule has 0 aliphatic carbocycles. The lowest BCUT2D eigenvalue weighted by Crippen LogP contribution is -2.49. The molecule has 0 radical (unpaired) electrons. The van der Waals surface area contributed by atoms with Crippen LogP contribution in [0.25, 0.3) is 0 Å². The van der Waals surface area contributed by atoms with Gasteiger partial charge in [0.2, 0.25) is 11.8 Å². The summed E-state index contributed by atoms with van der Waals surface area (Å²) in [5, 5.41) is 10.1. The summed E-state index contributed by atoms with van der Waals surface area (Å²) >= 11 is 0. The van der Waals surface area contributed by atoms with Crippen molar-refractivity contribution in [2.24, 2.45) is 11.8 Å². The summed E-state index contributed by atoms with van der Waals surface area (Å²) in [6.07, 6.45) is 5.65. The van der Waals surface area contributed by atoms with Crippen LogP contribution < -0.4 is 25.6 Å². The van der Waals surface area contributed by atoms with Crippen molar-refractivity contribution in [2.75, 3.05) is 83.5 Å². The average Bonchev–Trinajstić information content (AvgIpc) is 2.93. The van der Waals surface area contributed by atoms with Crippen LogP contribution in [-0.4, -0.2) is 100 Å². The molecule has 2 amide bonds. The van der Waals surface area contributed by atoms with Gasteiger partial charge >= 0.3 is 0 Å². The van der Waals surface area contributed by atoms with Crippen LogP contribution in [0.4, 0.5) is 5.69 Å². The van der Waals surface area contributed by atoms with E-state index in [9.17, 15) is 9.59 Å². The first-order valence-electron chi connectivity index (χ1n) is 13.5. The van der Waals surface area contributed by atoms with Crippen LogP contribution in [0, 0.1) is 11.8 Å². The average molecular weight is 497 g/mol. The molecule has 3 N–H and O–H groups in total. The molecule has 0 spiro atoms. The zero-order valence-corrected chi connectivity index (χ0v) is 21.2. The van der Waals surface area contributed by atoms with Gasteiger partial charge in [0.05, 0.1) is 6.54 Å². The van der Waals surface area contributed by atoms with Crippen LogP contribution in [0.1, 0.15) is 18.4 Å². The number of amides is 2. The number of hydrogen-bond acceptors (Lipinski definition) is 7.